The van der Waals surface area contributed by atoms with Gasteiger partial charge in [-0.2, -0.15) is 0 Å². The number of ketones is 1. The molecule has 0 radical (unpaired) electrons. The number of allylic oxidation sites excluding steroid dienone is 1. The Morgan fingerprint density at radius 3 is 2.60 bits per heavy atom. The highest BCUT2D eigenvalue weighted by Crippen LogP contribution is 2.30. The number of esters is 1. The molecule has 0 heterocycles. The Kier molecular flexibility index (Phi) is 7.19. The fraction of sp³-hybridized carbons (Fsp3) is 0.217. The highest BCUT2D eigenvalue weighted by Gasteiger charge is 2.20. The smallest absolute Gasteiger partial charge is 0.308 e. The number of benzene rings is 2. The van der Waals surface area contributed by atoms with Crippen molar-refractivity contribution in [3.63, 3.8) is 0 Å². The van der Waals surface area contributed by atoms with Gasteiger partial charge in [-0.25, -0.2) is 0 Å². The number of fused-ring (bicyclic) bond motifs is 1. The third kappa shape index (κ3) is 6.15. The largest absolute Gasteiger partial charge is 0.427 e. The second-order valence-corrected chi connectivity index (χ2v) is 7.86. The predicted molar refractivity (Wildman–Crippen MR) is 115 cm³/mol. The van der Waals surface area contributed by atoms with Crippen molar-refractivity contribution in [3.8, 4) is 5.75 Å². The van der Waals surface area contributed by atoms with Crippen LogP contribution in [-0.2, 0) is 31.4 Å². The molecule has 0 aliphatic heterocycles. The standard InChI is InChI=1S/C23H21NO5S/c1-15(25)29-20-7-8-21-17(11-20)9-19(26)10-18(21)12-22(27)24-13-23(28)30-14-16-5-3-2-4-6-16/h2-8,10-11H,9,12-14H2,1H3,(H,24,27). The molecule has 3 rings (SSSR count). The fourth-order valence-corrected chi connectivity index (χ4v) is 3.81. The van der Waals surface area contributed by atoms with Gasteiger partial charge in [0.25, 0.3) is 0 Å². The van der Waals surface area contributed by atoms with E-state index >= 15 is 0 Å². The molecule has 154 valence electrons. The maximum absolute atomic E-state index is 12.3. The van der Waals surface area contributed by atoms with Crippen LogP contribution in [0.5, 0.6) is 5.75 Å². The SMILES string of the molecule is CC(=O)Oc1ccc2c(c1)CC(=O)C=C2CC(=O)NCC(=O)SCc1ccccc1. The quantitative estimate of drug-likeness (QED) is 0.544. The van der Waals surface area contributed by atoms with Gasteiger partial charge in [0.15, 0.2) is 5.78 Å². The van der Waals surface area contributed by atoms with E-state index in [0.717, 1.165) is 22.9 Å². The highest BCUT2D eigenvalue weighted by atomic mass is 32.2. The molecule has 1 amide bonds. The summed E-state index contributed by atoms with van der Waals surface area (Å²) < 4.78 is 5.06. The van der Waals surface area contributed by atoms with Crippen molar-refractivity contribution < 1.29 is 23.9 Å². The van der Waals surface area contributed by atoms with Gasteiger partial charge in [0, 0.05) is 19.1 Å². The molecule has 1 N–H and O–H groups in total. The van der Waals surface area contributed by atoms with Gasteiger partial charge in [-0.15, -0.1) is 0 Å². The Hall–Kier alpha value is -3.19. The molecule has 1 aliphatic rings. The highest BCUT2D eigenvalue weighted by molar-refractivity contribution is 8.13. The van der Waals surface area contributed by atoms with Crippen LogP contribution in [0, 0.1) is 0 Å². The molecule has 0 unspecified atom stereocenters. The third-order valence-corrected chi connectivity index (χ3v) is 5.35. The van der Waals surface area contributed by atoms with Gasteiger partial charge in [0.05, 0.1) is 13.0 Å². The van der Waals surface area contributed by atoms with E-state index in [1.54, 1.807) is 18.2 Å². The number of hydrogen-bond donors (Lipinski definition) is 1. The zero-order valence-electron chi connectivity index (χ0n) is 16.5. The average molecular weight is 423 g/mol. The summed E-state index contributed by atoms with van der Waals surface area (Å²) in [6.07, 6.45) is 1.63. The zero-order valence-corrected chi connectivity index (χ0v) is 17.3. The molecule has 0 bridgehead atoms. The summed E-state index contributed by atoms with van der Waals surface area (Å²) in [4.78, 5) is 47.5. The number of thioether (sulfide) groups is 1. The molecule has 0 aromatic heterocycles. The first-order chi connectivity index (χ1) is 14.4. The van der Waals surface area contributed by atoms with Gasteiger partial charge in [-0.05, 0) is 40.5 Å². The molecule has 1 aliphatic carbocycles. The van der Waals surface area contributed by atoms with Crippen LogP contribution in [0.15, 0.2) is 54.6 Å². The fourth-order valence-electron chi connectivity index (χ4n) is 3.11. The summed E-state index contributed by atoms with van der Waals surface area (Å²) in [6.45, 7) is 1.23. The maximum Gasteiger partial charge on any atom is 0.308 e. The number of carbonyl (C=O) groups excluding carboxylic acids is 4. The van der Waals surface area contributed by atoms with Crippen molar-refractivity contribution in [2.75, 3.05) is 6.54 Å². The molecule has 0 saturated carbocycles. The molecular formula is C23H21NO5S. The number of amides is 1. The van der Waals surface area contributed by atoms with Crippen LogP contribution in [0.3, 0.4) is 0 Å². The summed E-state index contributed by atoms with van der Waals surface area (Å²) in [5.74, 6) is 0.00923. The van der Waals surface area contributed by atoms with E-state index in [4.69, 9.17) is 4.74 Å². The molecule has 0 saturated heterocycles. The monoisotopic (exact) mass is 423 g/mol. The van der Waals surface area contributed by atoms with Crippen LogP contribution in [0.4, 0.5) is 0 Å². The molecule has 2 aromatic carbocycles. The van der Waals surface area contributed by atoms with Gasteiger partial charge in [0.1, 0.15) is 5.75 Å². The van der Waals surface area contributed by atoms with Crippen molar-refractivity contribution in [1.29, 1.82) is 0 Å². The van der Waals surface area contributed by atoms with Crippen LogP contribution in [0.1, 0.15) is 30.0 Å². The molecule has 0 atom stereocenters. The van der Waals surface area contributed by atoms with Crippen LogP contribution in [0.2, 0.25) is 0 Å². The molecule has 30 heavy (non-hydrogen) atoms. The summed E-state index contributed by atoms with van der Waals surface area (Å²) in [6, 6.07) is 14.6. The van der Waals surface area contributed by atoms with Crippen molar-refractivity contribution in [3.05, 3.63) is 71.3 Å². The lowest BCUT2D eigenvalue weighted by molar-refractivity contribution is -0.132. The number of ether oxygens (including phenoxy) is 1. The molecular weight excluding hydrogens is 402 g/mol. The first kappa shape index (κ1) is 21.5. The van der Waals surface area contributed by atoms with Crippen molar-refractivity contribution in [2.45, 2.75) is 25.5 Å². The second kappa shape index (κ2) is 10.0. The second-order valence-electron chi connectivity index (χ2n) is 6.83. The van der Waals surface area contributed by atoms with E-state index in [1.165, 1.54) is 13.0 Å². The van der Waals surface area contributed by atoms with Crippen LogP contribution in [0.25, 0.3) is 5.57 Å². The minimum absolute atomic E-state index is 0.0116. The van der Waals surface area contributed by atoms with Crippen molar-refractivity contribution in [1.82, 2.24) is 5.32 Å². The summed E-state index contributed by atoms with van der Waals surface area (Å²) >= 11 is 1.15. The van der Waals surface area contributed by atoms with Crippen molar-refractivity contribution >= 4 is 40.1 Å². The Morgan fingerprint density at radius 1 is 1.10 bits per heavy atom. The lowest BCUT2D eigenvalue weighted by Gasteiger charge is -2.18. The molecule has 0 spiro atoms. The third-order valence-electron chi connectivity index (χ3n) is 4.41. The van der Waals surface area contributed by atoms with Gasteiger partial charge in [-0.3, -0.25) is 19.2 Å². The van der Waals surface area contributed by atoms with Gasteiger partial charge < -0.3 is 10.1 Å². The van der Waals surface area contributed by atoms with E-state index in [0.29, 0.717) is 22.6 Å². The Morgan fingerprint density at radius 2 is 1.87 bits per heavy atom. The van der Waals surface area contributed by atoms with Crippen LogP contribution >= 0.6 is 11.8 Å². The first-order valence-corrected chi connectivity index (χ1v) is 10.4. The van der Waals surface area contributed by atoms with Crippen LogP contribution < -0.4 is 10.1 Å². The topological polar surface area (TPSA) is 89.5 Å². The first-order valence-electron chi connectivity index (χ1n) is 9.42. The van der Waals surface area contributed by atoms with Crippen LogP contribution in [-0.4, -0.2) is 29.3 Å². The average Bonchev–Trinajstić information content (AvgIpc) is 2.70. The maximum atomic E-state index is 12.3. The minimum atomic E-state index is -0.443. The van der Waals surface area contributed by atoms with E-state index in [-0.39, 0.29) is 36.2 Å². The van der Waals surface area contributed by atoms with E-state index in [2.05, 4.69) is 5.32 Å². The zero-order chi connectivity index (χ0) is 21.5. The lowest BCUT2D eigenvalue weighted by Crippen LogP contribution is -2.28. The van der Waals surface area contributed by atoms with E-state index < -0.39 is 5.97 Å². The lowest BCUT2D eigenvalue weighted by atomic mass is 9.88. The number of nitrogens with one attached hydrogen (secondary N) is 1. The summed E-state index contributed by atoms with van der Waals surface area (Å²) in [5, 5.41) is 2.49. The summed E-state index contributed by atoms with van der Waals surface area (Å²) in [5.41, 5.74) is 3.10. The van der Waals surface area contributed by atoms with E-state index in [1.807, 2.05) is 30.3 Å². The number of rotatable bonds is 7. The predicted octanol–water partition coefficient (Wildman–Crippen LogP) is 3.09. The summed E-state index contributed by atoms with van der Waals surface area (Å²) in [7, 11) is 0. The minimum Gasteiger partial charge on any atom is -0.427 e. The van der Waals surface area contributed by atoms with Crippen molar-refractivity contribution in [2.24, 2.45) is 0 Å². The van der Waals surface area contributed by atoms with Gasteiger partial charge in [-0.1, -0.05) is 48.2 Å². The number of hydrogen-bond acceptors (Lipinski definition) is 6. The molecule has 0 fully saturated rings. The molecule has 6 nitrogen and oxygen atoms in total. The van der Waals surface area contributed by atoms with E-state index in [9.17, 15) is 19.2 Å². The molecule has 2 aromatic rings. The number of carbonyl (C=O) groups is 4. The Labute approximate surface area is 178 Å². The van der Waals surface area contributed by atoms with Gasteiger partial charge >= 0.3 is 5.97 Å². The molecule has 7 heteroatoms. The Balaban J connectivity index is 1.55. The van der Waals surface area contributed by atoms with Gasteiger partial charge in [0.2, 0.25) is 11.0 Å². The normalized spacial score (nSPS) is 12.6. The Bertz CT molecular complexity index is 1010.